The number of rotatable bonds is 3. The van der Waals surface area contributed by atoms with Crippen LogP contribution < -0.4 is 5.32 Å². The summed E-state index contributed by atoms with van der Waals surface area (Å²) in [4.78, 5) is 15.3. The zero-order valence-electron chi connectivity index (χ0n) is 13.9. The second-order valence-corrected chi connectivity index (χ2v) is 7.02. The number of para-hydroxylation sites is 2. The molecule has 1 aliphatic heterocycles. The van der Waals surface area contributed by atoms with Crippen LogP contribution in [0.5, 0.6) is 0 Å². The highest BCUT2D eigenvalue weighted by molar-refractivity contribution is 9.10. The Balaban J connectivity index is 1.96. The number of pyridine rings is 1. The van der Waals surface area contributed by atoms with Crippen molar-refractivity contribution >= 4 is 27.4 Å². The Morgan fingerprint density at radius 2 is 2.08 bits per heavy atom. The fourth-order valence-electron chi connectivity index (χ4n) is 3.25. The largest absolute Gasteiger partial charge is 0.370 e. The van der Waals surface area contributed by atoms with Gasteiger partial charge in [0.25, 0.3) is 5.69 Å². The van der Waals surface area contributed by atoms with E-state index in [4.69, 9.17) is 5.10 Å². The van der Waals surface area contributed by atoms with Crippen molar-refractivity contribution in [2.24, 2.45) is 0 Å². The number of nitro groups is 1. The van der Waals surface area contributed by atoms with Crippen molar-refractivity contribution < 1.29 is 4.92 Å². The number of benzene rings is 1. The number of nitrogens with one attached hydrogen (secondary N) is 1. The summed E-state index contributed by atoms with van der Waals surface area (Å²) in [5.74, 6) is 0.826. The maximum absolute atomic E-state index is 11.5. The van der Waals surface area contributed by atoms with Crippen LogP contribution in [-0.4, -0.2) is 26.2 Å². The number of aromatic nitrogens is 3. The van der Waals surface area contributed by atoms with Gasteiger partial charge in [-0.05, 0) is 47.3 Å². The number of halogens is 1. The molecule has 26 heavy (non-hydrogen) atoms. The highest BCUT2D eigenvalue weighted by atomic mass is 79.9. The molecule has 7 nitrogen and oxygen atoms in total. The molecule has 0 unspecified atom stereocenters. The van der Waals surface area contributed by atoms with E-state index < -0.39 is 0 Å². The van der Waals surface area contributed by atoms with Crippen LogP contribution in [0.25, 0.3) is 16.9 Å². The normalized spacial score (nSPS) is 13.6. The van der Waals surface area contributed by atoms with Crippen LogP contribution in [0, 0.1) is 10.1 Å². The van der Waals surface area contributed by atoms with Crippen LogP contribution in [0.1, 0.15) is 18.4 Å². The molecule has 0 atom stereocenters. The molecule has 0 saturated heterocycles. The first-order chi connectivity index (χ1) is 12.6. The number of nitrogens with zero attached hydrogens (tertiary/aromatic N) is 4. The topological polar surface area (TPSA) is 85.9 Å². The molecule has 0 amide bonds. The van der Waals surface area contributed by atoms with Gasteiger partial charge >= 0.3 is 0 Å². The molecule has 0 spiro atoms. The first-order valence-corrected chi connectivity index (χ1v) is 9.15. The van der Waals surface area contributed by atoms with Gasteiger partial charge in [-0.1, -0.05) is 12.1 Å². The van der Waals surface area contributed by atoms with Crippen molar-refractivity contribution in [3.8, 4) is 16.9 Å². The van der Waals surface area contributed by atoms with Gasteiger partial charge in [-0.25, -0.2) is 4.68 Å². The molecule has 132 valence electrons. The zero-order chi connectivity index (χ0) is 18.1. The zero-order valence-corrected chi connectivity index (χ0v) is 15.4. The summed E-state index contributed by atoms with van der Waals surface area (Å²) in [6, 6.07) is 8.63. The van der Waals surface area contributed by atoms with Crippen molar-refractivity contribution in [1.29, 1.82) is 0 Å². The van der Waals surface area contributed by atoms with Crippen molar-refractivity contribution in [3.63, 3.8) is 0 Å². The van der Waals surface area contributed by atoms with Crippen LogP contribution in [-0.2, 0) is 6.42 Å². The van der Waals surface area contributed by atoms with Gasteiger partial charge in [-0.3, -0.25) is 15.1 Å². The monoisotopic (exact) mass is 413 g/mol. The number of anilines is 1. The van der Waals surface area contributed by atoms with E-state index in [0.717, 1.165) is 52.9 Å². The van der Waals surface area contributed by atoms with Crippen LogP contribution in [0.3, 0.4) is 0 Å². The van der Waals surface area contributed by atoms with E-state index in [2.05, 4.69) is 26.2 Å². The van der Waals surface area contributed by atoms with Crippen LogP contribution in [0.4, 0.5) is 11.5 Å². The standard InChI is InChI=1S/C18H16BrN5O2/c19-13-9-12(10-20-11-13)17-14-5-3-4-8-21-18(14)23(22-17)15-6-1-2-7-16(15)24(25)26/h1-2,6-7,9-11,21H,3-5,8H2. The Kier molecular flexibility index (Phi) is 4.42. The number of hydrogen-bond donors (Lipinski definition) is 1. The van der Waals surface area contributed by atoms with Gasteiger partial charge in [0.2, 0.25) is 0 Å². The minimum atomic E-state index is -0.375. The van der Waals surface area contributed by atoms with Gasteiger partial charge < -0.3 is 5.32 Å². The number of fused-ring (bicyclic) bond motifs is 1. The Morgan fingerprint density at radius 3 is 2.88 bits per heavy atom. The van der Waals surface area contributed by atoms with E-state index in [1.165, 1.54) is 6.07 Å². The molecule has 0 fully saturated rings. The quantitative estimate of drug-likeness (QED) is 0.509. The first-order valence-electron chi connectivity index (χ1n) is 8.35. The Bertz CT molecular complexity index is 985. The highest BCUT2D eigenvalue weighted by Gasteiger charge is 2.25. The predicted molar refractivity (Wildman–Crippen MR) is 103 cm³/mol. The average molecular weight is 414 g/mol. The first kappa shape index (κ1) is 16.7. The smallest absolute Gasteiger partial charge is 0.294 e. The fraction of sp³-hybridized carbons (Fsp3) is 0.222. The Morgan fingerprint density at radius 1 is 1.23 bits per heavy atom. The third-order valence-corrected chi connectivity index (χ3v) is 4.85. The minimum Gasteiger partial charge on any atom is -0.370 e. The van der Waals surface area contributed by atoms with E-state index in [1.807, 2.05) is 6.07 Å². The van der Waals surface area contributed by atoms with E-state index in [0.29, 0.717) is 5.69 Å². The van der Waals surface area contributed by atoms with Crippen molar-refractivity contribution in [1.82, 2.24) is 14.8 Å². The van der Waals surface area contributed by atoms with Crippen LogP contribution >= 0.6 is 15.9 Å². The summed E-state index contributed by atoms with van der Waals surface area (Å²) in [7, 11) is 0. The molecule has 2 aromatic heterocycles. The molecular weight excluding hydrogens is 398 g/mol. The average Bonchev–Trinajstić information content (AvgIpc) is 2.82. The maximum atomic E-state index is 11.5. The second kappa shape index (κ2) is 6.87. The molecule has 1 aromatic carbocycles. The lowest BCUT2D eigenvalue weighted by Crippen LogP contribution is -2.08. The second-order valence-electron chi connectivity index (χ2n) is 6.11. The molecule has 0 radical (unpaired) electrons. The van der Waals surface area contributed by atoms with Crippen molar-refractivity contribution in [3.05, 3.63) is 62.9 Å². The molecule has 3 aromatic rings. The molecule has 1 aliphatic rings. The summed E-state index contributed by atoms with van der Waals surface area (Å²) in [6.45, 7) is 0.815. The molecular formula is C18H16BrN5O2. The third kappa shape index (κ3) is 2.96. The predicted octanol–water partition coefficient (Wildman–Crippen LogP) is 4.35. The van der Waals surface area contributed by atoms with Gasteiger partial charge in [0.05, 0.1) is 10.6 Å². The molecule has 8 heteroatoms. The molecule has 0 aliphatic carbocycles. The van der Waals surface area contributed by atoms with Crippen molar-refractivity contribution in [2.45, 2.75) is 19.3 Å². The summed E-state index contributed by atoms with van der Waals surface area (Å²) < 4.78 is 2.53. The van der Waals surface area contributed by atoms with E-state index >= 15 is 0 Å². The summed E-state index contributed by atoms with van der Waals surface area (Å²) in [5.41, 5.74) is 3.25. The van der Waals surface area contributed by atoms with Gasteiger partial charge in [0.15, 0.2) is 0 Å². The molecule has 0 saturated carbocycles. The van der Waals surface area contributed by atoms with E-state index in [-0.39, 0.29) is 10.6 Å². The Hall–Kier alpha value is -2.74. The van der Waals surface area contributed by atoms with Crippen LogP contribution in [0.15, 0.2) is 47.2 Å². The van der Waals surface area contributed by atoms with Gasteiger partial charge in [-0.15, -0.1) is 0 Å². The summed E-state index contributed by atoms with van der Waals surface area (Å²) in [6.07, 6.45) is 6.44. The van der Waals surface area contributed by atoms with Crippen molar-refractivity contribution in [2.75, 3.05) is 11.9 Å². The van der Waals surface area contributed by atoms with E-state index in [1.54, 1.807) is 35.3 Å². The summed E-state index contributed by atoms with van der Waals surface area (Å²) in [5, 5.41) is 19.6. The third-order valence-electron chi connectivity index (χ3n) is 4.41. The van der Waals surface area contributed by atoms with Gasteiger partial charge in [0, 0.05) is 40.6 Å². The lowest BCUT2D eigenvalue weighted by molar-refractivity contribution is -0.384. The van der Waals surface area contributed by atoms with Crippen LogP contribution in [0.2, 0.25) is 0 Å². The molecule has 0 bridgehead atoms. The molecule has 1 N–H and O–H groups in total. The lowest BCUT2D eigenvalue weighted by atomic mass is 10.1. The fourth-order valence-corrected chi connectivity index (χ4v) is 3.61. The summed E-state index contributed by atoms with van der Waals surface area (Å²) >= 11 is 3.45. The number of hydrogen-bond acceptors (Lipinski definition) is 5. The minimum absolute atomic E-state index is 0.0303. The maximum Gasteiger partial charge on any atom is 0.294 e. The number of nitro benzene ring substituents is 1. The van der Waals surface area contributed by atoms with Gasteiger partial charge in [-0.2, -0.15) is 5.10 Å². The lowest BCUT2D eigenvalue weighted by Gasteiger charge is -2.09. The highest BCUT2D eigenvalue weighted by Crippen LogP contribution is 2.36. The Labute approximate surface area is 158 Å². The van der Waals surface area contributed by atoms with E-state index in [9.17, 15) is 10.1 Å². The molecule has 3 heterocycles. The van der Waals surface area contributed by atoms with Gasteiger partial charge in [0.1, 0.15) is 11.5 Å². The SMILES string of the molecule is O=[N+]([O-])c1ccccc1-n1nc(-c2cncc(Br)c2)c2c1NCCCC2. The molecule has 4 rings (SSSR count).